The Hall–Kier alpha value is -2.87. The van der Waals surface area contributed by atoms with E-state index in [0.29, 0.717) is 19.2 Å². The first-order chi connectivity index (χ1) is 13.9. The Morgan fingerprint density at radius 3 is 2.59 bits per heavy atom. The maximum absolute atomic E-state index is 13.3. The van der Waals surface area contributed by atoms with Gasteiger partial charge in [-0.05, 0) is 45.4 Å². The fourth-order valence-electron chi connectivity index (χ4n) is 4.20. The molecule has 0 bridgehead atoms. The van der Waals surface area contributed by atoms with Gasteiger partial charge in [0.25, 0.3) is 5.91 Å². The van der Waals surface area contributed by atoms with E-state index >= 15 is 0 Å². The molecule has 3 heterocycles. The second-order valence-electron chi connectivity index (χ2n) is 7.58. The number of ether oxygens (including phenoxy) is 1. The van der Waals surface area contributed by atoms with Crippen molar-refractivity contribution in [2.24, 2.45) is 4.99 Å². The van der Waals surface area contributed by atoms with E-state index in [0.717, 1.165) is 22.6 Å². The van der Waals surface area contributed by atoms with Gasteiger partial charge in [0.1, 0.15) is 0 Å². The number of urea groups is 1. The fraction of sp³-hybridized carbons (Fsp3) is 0.476. The number of likely N-dealkylation sites (N-methyl/N-ethyl adjacent to an activating group) is 1. The van der Waals surface area contributed by atoms with E-state index in [4.69, 9.17) is 9.73 Å². The number of guanidine groups is 1. The van der Waals surface area contributed by atoms with Crippen molar-refractivity contribution in [3.8, 4) is 0 Å². The van der Waals surface area contributed by atoms with Gasteiger partial charge in [0.05, 0.1) is 13.2 Å². The first-order valence-electron chi connectivity index (χ1n) is 9.94. The van der Waals surface area contributed by atoms with Crippen molar-refractivity contribution in [2.45, 2.75) is 39.9 Å². The minimum absolute atomic E-state index is 0.227. The minimum atomic E-state index is -0.556. The molecule has 3 aliphatic rings. The van der Waals surface area contributed by atoms with Gasteiger partial charge >= 0.3 is 6.03 Å². The van der Waals surface area contributed by atoms with Crippen molar-refractivity contribution >= 4 is 23.6 Å². The number of aliphatic imine (C=N–C) groups is 1. The summed E-state index contributed by atoms with van der Waals surface area (Å²) in [6, 6.07) is 7.29. The van der Waals surface area contributed by atoms with Crippen molar-refractivity contribution in [2.75, 3.05) is 31.7 Å². The number of anilines is 1. The number of aryl methyl sites for hydroxylation is 1. The van der Waals surface area contributed by atoms with Crippen LogP contribution in [0.5, 0.6) is 0 Å². The summed E-state index contributed by atoms with van der Waals surface area (Å²) in [5.74, 6) is 0.468. The molecule has 8 heteroatoms. The minimum Gasteiger partial charge on any atom is -0.380 e. The monoisotopic (exact) mass is 397 g/mol. The predicted molar refractivity (Wildman–Crippen MR) is 110 cm³/mol. The standard InChI is InChI=1S/C21H27N5O3/c1-6-29-11-10-24-19(27)17-18(23(5)21(24)28)22-20-25(14(3)15(4)26(17)20)16-9-7-8-13(2)12-16/h7-9,12,17-18H,6,10-11H2,1-5H3. The zero-order valence-electron chi connectivity index (χ0n) is 17.5. The van der Waals surface area contributed by atoms with Gasteiger partial charge < -0.3 is 9.64 Å². The first-order valence-corrected chi connectivity index (χ1v) is 9.94. The smallest absolute Gasteiger partial charge is 0.328 e. The highest BCUT2D eigenvalue weighted by atomic mass is 16.5. The topological polar surface area (TPSA) is 68.7 Å². The lowest BCUT2D eigenvalue weighted by molar-refractivity contribution is -0.137. The van der Waals surface area contributed by atoms with E-state index in [1.54, 1.807) is 11.9 Å². The highest BCUT2D eigenvalue weighted by Gasteiger charge is 2.55. The zero-order valence-corrected chi connectivity index (χ0v) is 17.5. The summed E-state index contributed by atoms with van der Waals surface area (Å²) in [4.78, 5) is 37.8. The summed E-state index contributed by atoms with van der Waals surface area (Å²) < 4.78 is 5.37. The largest absolute Gasteiger partial charge is 0.380 e. The Morgan fingerprint density at radius 2 is 1.90 bits per heavy atom. The number of benzene rings is 1. The van der Waals surface area contributed by atoms with Crippen molar-refractivity contribution in [1.82, 2.24) is 14.7 Å². The third-order valence-electron chi connectivity index (χ3n) is 5.82. The lowest BCUT2D eigenvalue weighted by Gasteiger charge is -2.40. The van der Waals surface area contributed by atoms with Gasteiger partial charge in [-0.3, -0.25) is 19.5 Å². The first kappa shape index (κ1) is 19.4. The number of fused-ring (bicyclic) bond motifs is 3. The average molecular weight is 397 g/mol. The molecule has 3 amide bonds. The van der Waals surface area contributed by atoms with Crippen molar-refractivity contribution in [3.05, 3.63) is 41.2 Å². The number of hydrogen-bond acceptors (Lipinski definition) is 6. The number of imide groups is 1. The summed E-state index contributed by atoms with van der Waals surface area (Å²) >= 11 is 0. The summed E-state index contributed by atoms with van der Waals surface area (Å²) in [7, 11) is 1.70. The highest BCUT2D eigenvalue weighted by molar-refractivity contribution is 6.10. The molecule has 0 N–H and O–H groups in total. The molecule has 2 atom stereocenters. The number of carbonyl (C=O) groups is 2. The number of hydrogen-bond donors (Lipinski definition) is 0. The van der Waals surface area contributed by atoms with Crippen LogP contribution >= 0.6 is 0 Å². The molecule has 154 valence electrons. The normalized spacial score (nSPS) is 23.8. The number of amides is 3. The van der Waals surface area contributed by atoms with E-state index in [1.807, 2.05) is 50.8 Å². The van der Waals surface area contributed by atoms with E-state index in [1.165, 1.54) is 4.90 Å². The quantitative estimate of drug-likeness (QED) is 0.714. The molecule has 0 aliphatic carbocycles. The van der Waals surface area contributed by atoms with Gasteiger partial charge in [-0.1, -0.05) is 12.1 Å². The van der Waals surface area contributed by atoms with Crippen molar-refractivity contribution < 1.29 is 14.3 Å². The zero-order chi connectivity index (χ0) is 20.9. The predicted octanol–water partition coefficient (Wildman–Crippen LogP) is 2.36. The molecule has 1 aromatic rings. The van der Waals surface area contributed by atoms with E-state index < -0.39 is 12.2 Å². The van der Waals surface area contributed by atoms with Crippen LogP contribution in [-0.2, 0) is 9.53 Å². The average Bonchev–Trinajstić information content (AvgIpc) is 3.19. The highest BCUT2D eigenvalue weighted by Crippen LogP contribution is 2.39. The van der Waals surface area contributed by atoms with Gasteiger partial charge in [-0.25, -0.2) is 9.79 Å². The van der Waals surface area contributed by atoms with Crippen LogP contribution in [-0.4, -0.2) is 71.6 Å². The summed E-state index contributed by atoms with van der Waals surface area (Å²) in [6.07, 6.45) is -0.538. The Bertz CT molecular complexity index is 925. The molecule has 8 nitrogen and oxygen atoms in total. The van der Waals surface area contributed by atoms with Crippen molar-refractivity contribution in [1.29, 1.82) is 0 Å². The molecule has 2 unspecified atom stereocenters. The number of carbonyl (C=O) groups excluding carboxylic acids is 2. The Balaban J connectivity index is 1.70. The third-order valence-corrected chi connectivity index (χ3v) is 5.82. The molecule has 0 aromatic heterocycles. The Kier molecular flexibility index (Phi) is 4.82. The van der Waals surface area contributed by atoms with Gasteiger partial charge in [-0.2, -0.15) is 0 Å². The fourth-order valence-corrected chi connectivity index (χ4v) is 4.20. The van der Waals surface area contributed by atoms with Crippen LogP contribution in [0.2, 0.25) is 0 Å². The maximum atomic E-state index is 13.3. The van der Waals surface area contributed by atoms with Crippen LogP contribution in [0.4, 0.5) is 10.5 Å². The number of rotatable bonds is 5. The molecular formula is C21H27N5O3. The molecule has 1 saturated heterocycles. The Morgan fingerprint density at radius 1 is 1.14 bits per heavy atom. The Labute approximate surface area is 171 Å². The molecule has 0 saturated carbocycles. The van der Waals surface area contributed by atoms with Crippen LogP contribution in [0.25, 0.3) is 0 Å². The van der Waals surface area contributed by atoms with Crippen LogP contribution < -0.4 is 4.90 Å². The van der Waals surface area contributed by atoms with Gasteiger partial charge in [0.15, 0.2) is 12.2 Å². The number of nitrogens with zero attached hydrogens (tertiary/aromatic N) is 5. The van der Waals surface area contributed by atoms with Crippen LogP contribution in [0.15, 0.2) is 40.7 Å². The van der Waals surface area contributed by atoms with Gasteiger partial charge in [-0.15, -0.1) is 0 Å². The molecule has 3 aliphatic heterocycles. The SMILES string of the molecule is CCOCCN1C(=O)C2C(N=C3N(c4cccc(C)c4)C(C)=C(C)N32)N(C)C1=O. The summed E-state index contributed by atoms with van der Waals surface area (Å²) in [5.41, 5.74) is 4.14. The molecule has 29 heavy (non-hydrogen) atoms. The molecular weight excluding hydrogens is 370 g/mol. The summed E-state index contributed by atoms with van der Waals surface area (Å²) in [6.45, 7) is 9.08. The van der Waals surface area contributed by atoms with E-state index in [2.05, 4.69) is 11.0 Å². The molecule has 0 spiro atoms. The van der Waals surface area contributed by atoms with E-state index in [-0.39, 0.29) is 18.5 Å². The van der Waals surface area contributed by atoms with Gasteiger partial charge in [0, 0.05) is 30.7 Å². The molecule has 4 rings (SSSR count). The van der Waals surface area contributed by atoms with Crippen molar-refractivity contribution in [3.63, 3.8) is 0 Å². The summed E-state index contributed by atoms with van der Waals surface area (Å²) in [5, 5.41) is 0. The molecule has 0 radical (unpaired) electrons. The van der Waals surface area contributed by atoms with E-state index in [9.17, 15) is 9.59 Å². The second-order valence-corrected chi connectivity index (χ2v) is 7.58. The van der Waals surface area contributed by atoms with Crippen LogP contribution in [0.3, 0.4) is 0 Å². The third kappa shape index (κ3) is 2.90. The van der Waals surface area contributed by atoms with Crippen LogP contribution in [0.1, 0.15) is 26.3 Å². The lowest BCUT2D eigenvalue weighted by Crippen LogP contribution is -2.65. The second kappa shape index (κ2) is 7.18. The van der Waals surface area contributed by atoms with Crippen LogP contribution in [0, 0.1) is 6.92 Å². The molecule has 1 fully saturated rings. The molecule has 1 aromatic carbocycles. The maximum Gasteiger partial charge on any atom is 0.328 e. The van der Waals surface area contributed by atoms with Gasteiger partial charge in [0.2, 0.25) is 5.96 Å². The number of allylic oxidation sites excluding steroid dienone is 2. The lowest BCUT2D eigenvalue weighted by atomic mass is 10.1.